The van der Waals surface area contributed by atoms with Gasteiger partial charge in [0.05, 0.1) is 0 Å². The van der Waals surface area contributed by atoms with Crippen molar-refractivity contribution in [2.45, 2.75) is 25.4 Å². The van der Waals surface area contributed by atoms with Crippen molar-refractivity contribution in [2.24, 2.45) is 0 Å². The first kappa shape index (κ1) is 22.2. The van der Waals surface area contributed by atoms with Gasteiger partial charge >= 0.3 is 11.9 Å². The monoisotopic (exact) mass is 397 g/mol. The zero-order chi connectivity index (χ0) is 21.2. The summed E-state index contributed by atoms with van der Waals surface area (Å²) >= 11 is 0. The molecule has 0 aromatic heterocycles. The predicted octanol–water partition coefficient (Wildman–Crippen LogP) is 3.57. The van der Waals surface area contributed by atoms with E-state index in [4.69, 9.17) is 14.9 Å². The minimum absolute atomic E-state index is 0.256. The minimum Gasteiger partial charge on any atom is -0.490 e. The van der Waals surface area contributed by atoms with Gasteiger partial charge in [-0.05, 0) is 38.1 Å². The molecule has 1 saturated heterocycles. The van der Waals surface area contributed by atoms with E-state index in [1.165, 1.54) is 11.1 Å². The van der Waals surface area contributed by atoms with Gasteiger partial charge in [0.15, 0.2) is 0 Å². The molecule has 0 radical (unpaired) electrons. The first-order valence-corrected chi connectivity index (χ1v) is 9.46. The zero-order valence-electron chi connectivity index (χ0n) is 16.7. The summed E-state index contributed by atoms with van der Waals surface area (Å²) < 4.78 is 6.30. The second-order valence-electron chi connectivity index (χ2n) is 7.05. The molecule has 1 aliphatic heterocycles. The molecule has 6 heteroatoms. The van der Waals surface area contributed by atoms with Crippen LogP contribution in [-0.2, 0) is 9.59 Å². The number of ether oxygens (including phenoxy) is 1. The lowest BCUT2D eigenvalue weighted by Crippen LogP contribution is -2.42. The molecule has 6 nitrogen and oxygen atoms in total. The Morgan fingerprint density at radius 3 is 2.14 bits per heavy atom. The van der Waals surface area contributed by atoms with Crippen LogP contribution < -0.4 is 4.74 Å². The van der Waals surface area contributed by atoms with E-state index in [0.29, 0.717) is 18.1 Å². The highest BCUT2D eigenvalue weighted by Crippen LogP contribution is 2.30. The number of nitrogens with zero attached hydrogens (tertiary/aromatic N) is 1. The van der Waals surface area contributed by atoms with E-state index in [1.54, 1.807) is 0 Å². The molecule has 0 spiro atoms. The van der Waals surface area contributed by atoms with Crippen LogP contribution in [-0.4, -0.2) is 53.3 Å². The van der Waals surface area contributed by atoms with Gasteiger partial charge in [-0.15, -0.1) is 0 Å². The molecule has 2 atom stereocenters. The Morgan fingerprint density at radius 2 is 1.59 bits per heavy atom. The van der Waals surface area contributed by atoms with Crippen molar-refractivity contribution in [3.05, 3.63) is 77.9 Å². The van der Waals surface area contributed by atoms with Gasteiger partial charge in [-0.2, -0.15) is 0 Å². The average molecular weight is 397 g/mol. The number of carboxylic acid groups (broad SMARTS) is 2. The molecule has 29 heavy (non-hydrogen) atoms. The van der Waals surface area contributed by atoms with Crippen LogP contribution in [0.1, 0.15) is 23.5 Å². The summed E-state index contributed by atoms with van der Waals surface area (Å²) in [4.78, 5) is 21.5. The maximum atomic E-state index is 9.55. The van der Waals surface area contributed by atoms with Crippen LogP contribution in [0.2, 0.25) is 0 Å². The van der Waals surface area contributed by atoms with Crippen LogP contribution in [0.5, 0.6) is 5.75 Å². The lowest BCUT2D eigenvalue weighted by Gasteiger charge is -2.37. The van der Waals surface area contributed by atoms with Crippen molar-refractivity contribution in [3.8, 4) is 5.75 Å². The standard InChI is InChI=1S/C19H23NO.C4H4O4/c1-15-8-10-17(11-9-15)21-19-12-13-20(2)14-18(19)16-6-4-3-5-7-16;5-3(6)1-2-4(7)8/h3-11,18-19H,12-14H2,1-2H3;1-2H,(H,5,6)(H,7,8)/b;2-1+/t18-,19-;/m1./s1. The van der Waals surface area contributed by atoms with Crippen molar-refractivity contribution in [1.82, 2.24) is 4.90 Å². The number of aliphatic carboxylic acids is 2. The van der Waals surface area contributed by atoms with Crippen molar-refractivity contribution in [1.29, 1.82) is 0 Å². The van der Waals surface area contributed by atoms with E-state index in [-0.39, 0.29) is 6.10 Å². The maximum absolute atomic E-state index is 9.55. The zero-order valence-corrected chi connectivity index (χ0v) is 16.7. The van der Waals surface area contributed by atoms with E-state index in [0.717, 1.165) is 25.3 Å². The molecular formula is C23H27NO5. The Hall–Kier alpha value is -3.12. The number of rotatable bonds is 5. The van der Waals surface area contributed by atoms with Gasteiger partial charge in [-0.1, -0.05) is 48.0 Å². The average Bonchev–Trinajstić information content (AvgIpc) is 2.70. The van der Waals surface area contributed by atoms with Crippen LogP contribution in [0.25, 0.3) is 0 Å². The number of piperidine rings is 1. The van der Waals surface area contributed by atoms with E-state index >= 15 is 0 Å². The van der Waals surface area contributed by atoms with Crippen LogP contribution in [0.15, 0.2) is 66.7 Å². The summed E-state index contributed by atoms with van der Waals surface area (Å²) in [5, 5.41) is 15.6. The van der Waals surface area contributed by atoms with Crippen molar-refractivity contribution >= 4 is 11.9 Å². The summed E-state index contributed by atoms with van der Waals surface area (Å²) in [6.07, 6.45) is 2.44. The van der Waals surface area contributed by atoms with Gasteiger partial charge in [0.1, 0.15) is 11.9 Å². The highest BCUT2D eigenvalue weighted by molar-refractivity contribution is 5.89. The number of hydrogen-bond acceptors (Lipinski definition) is 4. The maximum Gasteiger partial charge on any atom is 0.328 e. The summed E-state index contributed by atoms with van der Waals surface area (Å²) in [6.45, 7) is 4.26. The summed E-state index contributed by atoms with van der Waals surface area (Å²) in [6, 6.07) is 19.1. The topological polar surface area (TPSA) is 87.1 Å². The van der Waals surface area contributed by atoms with Crippen LogP contribution in [0, 0.1) is 6.92 Å². The number of carboxylic acids is 2. The van der Waals surface area contributed by atoms with Gasteiger partial charge in [-0.3, -0.25) is 0 Å². The van der Waals surface area contributed by atoms with Crippen LogP contribution in [0.4, 0.5) is 0 Å². The quantitative estimate of drug-likeness (QED) is 0.750. The molecule has 1 aliphatic rings. The summed E-state index contributed by atoms with van der Waals surface area (Å²) in [5.41, 5.74) is 2.64. The molecule has 154 valence electrons. The number of likely N-dealkylation sites (N-methyl/N-ethyl adjacent to an activating group) is 1. The number of hydrogen-bond donors (Lipinski definition) is 2. The van der Waals surface area contributed by atoms with E-state index in [2.05, 4.69) is 73.5 Å². The highest BCUT2D eigenvalue weighted by Gasteiger charge is 2.30. The molecule has 0 amide bonds. The van der Waals surface area contributed by atoms with Gasteiger partial charge in [0, 0.05) is 31.2 Å². The van der Waals surface area contributed by atoms with Gasteiger partial charge in [0.2, 0.25) is 0 Å². The third kappa shape index (κ3) is 7.79. The molecular weight excluding hydrogens is 370 g/mol. The molecule has 0 aliphatic carbocycles. The van der Waals surface area contributed by atoms with E-state index in [9.17, 15) is 9.59 Å². The van der Waals surface area contributed by atoms with Crippen molar-refractivity contribution < 1.29 is 24.5 Å². The lowest BCUT2D eigenvalue weighted by atomic mass is 9.88. The Bertz CT molecular complexity index is 801. The molecule has 1 fully saturated rings. The molecule has 0 saturated carbocycles. The van der Waals surface area contributed by atoms with Crippen molar-refractivity contribution in [3.63, 3.8) is 0 Å². The largest absolute Gasteiger partial charge is 0.490 e. The Labute approximate surface area is 171 Å². The van der Waals surface area contributed by atoms with E-state index < -0.39 is 11.9 Å². The first-order chi connectivity index (χ1) is 13.8. The van der Waals surface area contributed by atoms with Gasteiger partial charge < -0.3 is 19.8 Å². The Balaban J connectivity index is 0.000000321. The molecule has 0 unspecified atom stereocenters. The summed E-state index contributed by atoms with van der Waals surface area (Å²) in [7, 11) is 2.19. The minimum atomic E-state index is -1.26. The Kier molecular flexibility index (Phi) is 8.43. The fourth-order valence-electron chi connectivity index (χ4n) is 3.19. The first-order valence-electron chi connectivity index (χ1n) is 9.46. The normalized spacial score (nSPS) is 19.2. The van der Waals surface area contributed by atoms with E-state index in [1.807, 2.05) is 0 Å². The van der Waals surface area contributed by atoms with Gasteiger partial charge in [-0.25, -0.2) is 9.59 Å². The fraction of sp³-hybridized carbons (Fsp3) is 0.304. The number of aryl methyl sites for hydroxylation is 1. The van der Waals surface area contributed by atoms with Crippen LogP contribution >= 0.6 is 0 Å². The summed E-state index contributed by atoms with van der Waals surface area (Å²) in [5.74, 6) is -1.10. The third-order valence-electron chi connectivity index (χ3n) is 4.66. The second-order valence-corrected chi connectivity index (χ2v) is 7.05. The smallest absolute Gasteiger partial charge is 0.328 e. The molecule has 3 rings (SSSR count). The third-order valence-corrected chi connectivity index (χ3v) is 4.66. The second kappa shape index (κ2) is 11.0. The molecule has 2 N–H and O–H groups in total. The number of carbonyl (C=O) groups is 2. The molecule has 0 bridgehead atoms. The highest BCUT2D eigenvalue weighted by atomic mass is 16.5. The Morgan fingerprint density at radius 1 is 1.00 bits per heavy atom. The van der Waals surface area contributed by atoms with Gasteiger partial charge in [0.25, 0.3) is 0 Å². The lowest BCUT2D eigenvalue weighted by molar-refractivity contribution is -0.134. The van der Waals surface area contributed by atoms with Crippen molar-refractivity contribution in [2.75, 3.05) is 20.1 Å². The molecule has 2 aromatic rings. The molecule has 1 heterocycles. The number of likely N-dealkylation sites (tertiary alicyclic amines) is 1. The fourth-order valence-corrected chi connectivity index (χ4v) is 3.19. The van der Waals surface area contributed by atoms with Crippen LogP contribution in [0.3, 0.4) is 0 Å². The number of benzene rings is 2. The molecule has 2 aromatic carbocycles. The SMILES string of the molecule is Cc1ccc(O[C@@H]2CCN(C)C[C@@H]2c2ccccc2)cc1.O=C(O)/C=C/C(=O)O. The predicted molar refractivity (Wildman–Crippen MR) is 111 cm³/mol.